The summed E-state index contributed by atoms with van der Waals surface area (Å²) < 4.78 is 2.12. The van der Waals surface area contributed by atoms with Crippen molar-refractivity contribution in [3.05, 3.63) is 46.4 Å². The monoisotopic (exact) mass is 262 g/mol. The van der Waals surface area contributed by atoms with Crippen molar-refractivity contribution in [1.29, 1.82) is 0 Å². The van der Waals surface area contributed by atoms with Gasteiger partial charge in [0.1, 0.15) is 5.82 Å². The number of halogens is 1. The molecule has 94 valence electrons. The number of aliphatic hydroxyl groups excluding tert-OH is 1. The second kappa shape index (κ2) is 4.41. The van der Waals surface area contributed by atoms with Crippen LogP contribution < -0.4 is 0 Å². The maximum absolute atomic E-state index is 10.0. The van der Waals surface area contributed by atoms with Crippen LogP contribution in [0.3, 0.4) is 0 Å². The molecule has 1 atom stereocenters. The van der Waals surface area contributed by atoms with Crippen molar-refractivity contribution >= 4 is 11.6 Å². The number of aryl methyl sites for hydroxylation is 1. The highest BCUT2D eigenvalue weighted by atomic mass is 35.5. The molecule has 3 nitrogen and oxygen atoms in total. The van der Waals surface area contributed by atoms with E-state index in [1.165, 1.54) is 5.69 Å². The Kier molecular flexibility index (Phi) is 2.88. The summed E-state index contributed by atoms with van der Waals surface area (Å²) in [5, 5.41) is 10.7. The van der Waals surface area contributed by atoms with Gasteiger partial charge in [-0.25, -0.2) is 4.98 Å². The van der Waals surface area contributed by atoms with Crippen LogP contribution in [0, 0.1) is 6.92 Å². The van der Waals surface area contributed by atoms with E-state index in [9.17, 15) is 5.11 Å². The Morgan fingerprint density at radius 3 is 3.00 bits per heavy atom. The molecule has 1 aliphatic carbocycles. The number of hydrogen-bond acceptors (Lipinski definition) is 2. The van der Waals surface area contributed by atoms with Crippen molar-refractivity contribution in [3.8, 4) is 5.82 Å². The average molecular weight is 263 g/mol. The molecule has 18 heavy (non-hydrogen) atoms. The minimum Gasteiger partial charge on any atom is -0.388 e. The summed E-state index contributed by atoms with van der Waals surface area (Å²) in [7, 11) is 0. The Morgan fingerprint density at radius 2 is 2.28 bits per heavy atom. The number of nitrogens with zero attached hydrogens (tertiary/aromatic N) is 2. The van der Waals surface area contributed by atoms with Crippen molar-refractivity contribution in [1.82, 2.24) is 9.55 Å². The summed E-state index contributed by atoms with van der Waals surface area (Å²) >= 11 is 5.87. The standard InChI is InChI=1S/C14H15ClN2O/c1-9-7-11-12(3-2-4-13(11)18)17(9)14-6-5-10(15)8-16-14/h5-8,13,18H,2-4H2,1H3. The van der Waals surface area contributed by atoms with E-state index in [0.29, 0.717) is 5.02 Å². The van der Waals surface area contributed by atoms with Crippen LogP contribution in [0.5, 0.6) is 0 Å². The van der Waals surface area contributed by atoms with Gasteiger partial charge < -0.3 is 9.67 Å². The third-order valence-electron chi connectivity index (χ3n) is 3.51. The first-order valence-corrected chi connectivity index (χ1v) is 6.55. The average Bonchev–Trinajstić information content (AvgIpc) is 2.69. The van der Waals surface area contributed by atoms with Crippen LogP contribution in [0.1, 0.15) is 35.9 Å². The third-order valence-corrected chi connectivity index (χ3v) is 3.73. The molecule has 1 N–H and O–H groups in total. The van der Waals surface area contributed by atoms with Gasteiger partial charge in [0.05, 0.1) is 11.1 Å². The summed E-state index contributed by atoms with van der Waals surface area (Å²) in [6.45, 7) is 2.04. The molecule has 1 aliphatic rings. The van der Waals surface area contributed by atoms with Gasteiger partial charge in [-0.05, 0) is 44.4 Å². The van der Waals surface area contributed by atoms with E-state index in [1.807, 2.05) is 19.1 Å². The zero-order chi connectivity index (χ0) is 12.7. The van der Waals surface area contributed by atoms with E-state index in [0.717, 1.165) is 36.3 Å². The maximum Gasteiger partial charge on any atom is 0.137 e. The SMILES string of the molecule is Cc1cc2c(n1-c1ccc(Cl)cn1)CCCC2O. The lowest BCUT2D eigenvalue weighted by Gasteiger charge is -2.20. The lowest BCUT2D eigenvalue weighted by Crippen LogP contribution is -2.12. The number of aromatic nitrogens is 2. The number of hydrogen-bond donors (Lipinski definition) is 1. The first-order valence-electron chi connectivity index (χ1n) is 6.18. The maximum atomic E-state index is 10.0. The van der Waals surface area contributed by atoms with Gasteiger partial charge in [0, 0.05) is 23.1 Å². The minimum absolute atomic E-state index is 0.332. The zero-order valence-corrected chi connectivity index (χ0v) is 11.0. The molecule has 2 aromatic rings. The highest BCUT2D eigenvalue weighted by molar-refractivity contribution is 6.30. The van der Waals surface area contributed by atoms with Crippen LogP contribution in [0.15, 0.2) is 24.4 Å². The lowest BCUT2D eigenvalue weighted by atomic mass is 9.95. The second-order valence-electron chi connectivity index (χ2n) is 4.77. The van der Waals surface area contributed by atoms with Crippen LogP contribution in [-0.2, 0) is 6.42 Å². The van der Waals surface area contributed by atoms with E-state index < -0.39 is 0 Å². The van der Waals surface area contributed by atoms with Crippen molar-refractivity contribution in [2.45, 2.75) is 32.3 Å². The van der Waals surface area contributed by atoms with Gasteiger partial charge in [-0.15, -0.1) is 0 Å². The van der Waals surface area contributed by atoms with E-state index in [2.05, 4.69) is 15.6 Å². The first-order chi connectivity index (χ1) is 8.66. The predicted octanol–water partition coefficient (Wildman–Crippen LogP) is 3.20. The summed E-state index contributed by atoms with van der Waals surface area (Å²) in [4.78, 5) is 4.36. The zero-order valence-electron chi connectivity index (χ0n) is 10.2. The Hall–Kier alpha value is -1.32. The smallest absolute Gasteiger partial charge is 0.137 e. The molecular weight excluding hydrogens is 248 g/mol. The first kappa shape index (κ1) is 11.8. The molecule has 0 spiro atoms. The molecule has 0 fully saturated rings. The number of pyridine rings is 1. The fourth-order valence-corrected chi connectivity index (χ4v) is 2.81. The van der Waals surface area contributed by atoms with Crippen molar-refractivity contribution in [3.63, 3.8) is 0 Å². The van der Waals surface area contributed by atoms with E-state index >= 15 is 0 Å². The van der Waals surface area contributed by atoms with Crippen molar-refractivity contribution in [2.75, 3.05) is 0 Å². The summed E-state index contributed by atoms with van der Waals surface area (Å²) in [5.74, 6) is 0.868. The van der Waals surface area contributed by atoms with Gasteiger partial charge >= 0.3 is 0 Å². The number of rotatable bonds is 1. The van der Waals surface area contributed by atoms with E-state index in [1.54, 1.807) is 6.20 Å². The second-order valence-corrected chi connectivity index (χ2v) is 5.20. The van der Waals surface area contributed by atoms with Crippen LogP contribution in [0.4, 0.5) is 0 Å². The molecule has 0 amide bonds. The van der Waals surface area contributed by atoms with Crippen LogP contribution in [0.25, 0.3) is 5.82 Å². The van der Waals surface area contributed by atoms with Crippen LogP contribution in [-0.4, -0.2) is 14.7 Å². The van der Waals surface area contributed by atoms with Gasteiger partial charge in [-0.1, -0.05) is 11.6 Å². The number of fused-ring (bicyclic) bond motifs is 1. The predicted molar refractivity (Wildman–Crippen MR) is 71.2 cm³/mol. The molecule has 3 rings (SSSR count). The summed E-state index contributed by atoms with van der Waals surface area (Å²) in [6.07, 6.45) is 4.18. The largest absolute Gasteiger partial charge is 0.388 e. The van der Waals surface area contributed by atoms with Crippen LogP contribution in [0.2, 0.25) is 5.02 Å². The van der Waals surface area contributed by atoms with E-state index in [-0.39, 0.29) is 6.10 Å². The normalized spacial score (nSPS) is 18.7. The molecule has 2 heterocycles. The Bertz CT molecular complexity index is 574. The summed E-state index contributed by atoms with van der Waals surface area (Å²) in [6, 6.07) is 5.82. The van der Waals surface area contributed by atoms with Crippen LogP contribution >= 0.6 is 11.6 Å². The Labute approximate surface area is 111 Å². The number of aliphatic hydroxyl groups is 1. The topological polar surface area (TPSA) is 38.0 Å². The molecule has 0 radical (unpaired) electrons. The fourth-order valence-electron chi connectivity index (χ4n) is 2.70. The molecule has 0 aromatic carbocycles. The fraction of sp³-hybridized carbons (Fsp3) is 0.357. The van der Waals surface area contributed by atoms with E-state index in [4.69, 9.17) is 11.6 Å². The van der Waals surface area contributed by atoms with Gasteiger partial charge in [0.15, 0.2) is 0 Å². The highest BCUT2D eigenvalue weighted by Gasteiger charge is 2.23. The molecule has 0 bridgehead atoms. The summed E-state index contributed by atoms with van der Waals surface area (Å²) in [5.41, 5.74) is 3.34. The van der Waals surface area contributed by atoms with Gasteiger partial charge in [-0.3, -0.25) is 0 Å². The Balaban J connectivity index is 2.15. The van der Waals surface area contributed by atoms with Gasteiger partial charge in [0.25, 0.3) is 0 Å². The molecule has 0 saturated carbocycles. The molecule has 2 aromatic heterocycles. The molecule has 0 aliphatic heterocycles. The highest BCUT2D eigenvalue weighted by Crippen LogP contribution is 2.33. The van der Waals surface area contributed by atoms with Gasteiger partial charge in [-0.2, -0.15) is 0 Å². The molecule has 4 heteroatoms. The Morgan fingerprint density at radius 1 is 1.44 bits per heavy atom. The molecule has 1 unspecified atom stereocenters. The third kappa shape index (κ3) is 1.84. The lowest BCUT2D eigenvalue weighted by molar-refractivity contribution is 0.156. The van der Waals surface area contributed by atoms with Gasteiger partial charge in [0.2, 0.25) is 0 Å². The minimum atomic E-state index is -0.332. The van der Waals surface area contributed by atoms with Crippen molar-refractivity contribution < 1.29 is 5.11 Å². The molecule has 0 saturated heterocycles. The quantitative estimate of drug-likeness (QED) is 0.857. The van der Waals surface area contributed by atoms with Crippen molar-refractivity contribution in [2.24, 2.45) is 0 Å². The molecular formula is C14H15ClN2O.